The maximum Gasteiger partial charge on any atom is 0.333 e. The largest absolute Gasteiger partial charge is 0.462 e. The summed E-state index contributed by atoms with van der Waals surface area (Å²) in [6, 6.07) is 9.51. The van der Waals surface area contributed by atoms with Crippen LogP contribution in [0.4, 0.5) is 0 Å². The fraction of sp³-hybridized carbons (Fsp3) is 0.333. The van der Waals surface area contributed by atoms with Gasteiger partial charge < -0.3 is 9.47 Å². The molecule has 4 nitrogen and oxygen atoms in total. The lowest BCUT2D eigenvalue weighted by Gasteiger charge is -2.05. The number of carbonyl (C=O) groups excluding carboxylic acids is 2. The van der Waals surface area contributed by atoms with E-state index in [0.717, 1.165) is 11.6 Å². The van der Waals surface area contributed by atoms with Gasteiger partial charge in [0.1, 0.15) is 6.61 Å². The first-order chi connectivity index (χ1) is 10.4. The third-order valence-corrected chi connectivity index (χ3v) is 2.29. The van der Waals surface area contributed by atoms with Gasteiger partial charge in [-0.15, -0.1) is 0 Å². The van der Waals surface area contributed by atoms with Crippen LogP contribution >= 0.6 is 0 Å². The van der Waals surface area contributed by atoms with Crippen molar-refractivity contribution in [3.05, 3.63) is 60.7 Å². The van der Waals surface area contributed by atoms with E-state index in [9.17, 15) is 9.59 Å². The van der Waals surface area contributed by atoms with Crippen molar-refractivity contribution in [2.75, 3.05) is 6.61 Å². The first-order valence-electron chi connectivity index (χ1n) is 7.02. The van der Waals surface area contributed by atoms with Gasteiger partial charge in [0.05, 0.1) is 6.61 Å². The number of esters is 2. The molecule has 0 N–H and O–H groups in total. The molecule has 1 aromatic carbocycles. The summed E-state index contributed by atoms with van der Waals surface area (Å²) in [6.07, 6.45) is 1.16. The molecule has 22 heavy (non-hydrogen) atoms. The molecule has 0 bridgehead atoms. The fourth-order valence-electron chi connectivity index (χ4n) is 1.15. The van der Waals surface area contributed by atoms with Crippen LogP contribution < -0.4 is 0 Å². The number of hydrogen-bond donors (Lipinski definition) is 0. The average molecular weight is 304 g/mol. The quantitative estimate of drug-likeness (QED) is 0.594. The number of rotatable bonds is 6. The van der Waals surface area contributed by atoms with E-state index < -0.39 is 0 Å². The van der Waals surface area contributed by atoms with Crippen molar-refractivity contribution >= 4 is 11.9 Å². The van der Waals surface area contributed by atoms with Gasteiger partial charge in [-0.05, 0) is 18.4 Å². The molecule has 0 radical (unpaired) electrons. The molecule has 4 heteroatoms. The van der Waals surface area contributed by atoms with Gasteiger partial charge in [0.2, 0.25) is 0 Å². The smallest absolute Gasteiger partial charge is 0.333 e. The second-order valence-corrected chi connectivity index (χ2v) is 5.07. The van der Waals surface area contributed by atoms with Gasteiger partial charge in [0.25, 0.3) is 0 Å². The van der Waals surface area contributed by atoms with E-state index in [4.69, 9.17) is 9.47 Å². The van der Waals surface area contributed by atoms with Crippen molar-refractivity contribution in [3.8, 4) is 0 Å². The van der Waals surface area contributed by atoms with Crippen molar-refractivity contribution < 1.29 is 19.1 Å². The summed E-state index contributed by atoms with van der Waals surface area (Å²) >= 11 is 0. The van der Waals surface area contributed by atoms with Gasteiger partial charge in [-0.25, -0.2) is 9.59 Å². The van der Waals surface area contributed by atoms with Crippen LogP contribution in [0.1, 0.15) is 26.3 Å². The Morgan fingerprint density at radius 1 is 1.18 bits per heavy atom. The van der Waals surface area contributed by atoms with E-state index in [1.807, 2.05) is 44.2 Å². The van der Waals surface area contributed by atoms with E-state index in [1.54, 1.807) is 6.92 Å². The normalized spacial score (nSPS) is 9.27. The van der Waals surface area contributed by atoms with E-state index in [2.05, 4.69) is 13.2 Å². The third kappa shape index (κ3) is 10.4. The van der Waals surface area contributed by atoms with E-state index in [1.165, 1.54) is 0 Å². The lowest BCUT2D eigenvalue weighted by molar-refractivity contribution is -0.140. The minimum absolute atomic E-state index is 0.297. The zero-order valence-corrected chi connectivity index (χ0v) is 13.5. The molecule has 0 aliphatic heterocycles. The van der Waals surface area contributed by atoms with Crippen molar-refractivity contribution in [1.82, 2.24) is 0 Å². The predicted octanol–water partition coefficient (Wildman–Crippen LogP) is 3.68. The Morgan fingerprint density at radius 2 is 1.77 bits per heavy atom. The van der Waals surface area contributed by atoms with Crippen molar-refractivity contribution in [2.45, 2.75) is 27.4 Å². The summed E-state index contributed by atoms with van der Waals surface area (Å²) in [5.74, 6) is -0.296. The van der Waals surface area contributed by atoms with Crippen LogP contribution in [0.25, 0.3) is 0 Å². The molecule has 0 saturated carbocycles. The predicted molar refractivity (Wildman–Crippen MR) is 87.0 cm³/mol. The van der Waals surface area contributed by atoms with Crippen molar-refractivity contribution in [2.24, 2.45) is 5.92 Å². The second kappa shape index (κ2) is 11.3. The molecule has 1 rings (SSSR count). The average Bonchev–Trinajstić information content (AvgIpc) is 2.51. The number of hydrogen-bond acceptors (Lipinski definition) is 4. The lowest BCUT2D eigenvalue weighted by Crippen LogP contribution is -2.09. The summed E-state index contributed by atoms with van der Waals surface area (Å²) in [5, 5.41) is 0. The number of ether oxygens (including phenoxy) is 2. The van der Waals surface area contributed by atoms with Gasteiger partial charge in [-0.3, -0.25) is 0 Å². The summed E-state index contributed by atoms with van der Waals surface area (Å²) in [5.41, 5.74) is 1.44. The molecular weight excluding hydrogens is 280 g/mol. The molecular formula is C18H24O4. The maximum absolute atomic E-state index is 10.7. The molecule has 0 atom stereocenters. The first kappa shape index (κ1) is 19.6. The minimum atomic E-state index is -0.390. The molecule has 0 aliphatic rings. The van der Waals surface area contributed by atoms with Gasteiger partial charge in [-0.1, -0.05) is 57.3 Å². The monoisotopic (exact) mass is 304 g/mol. The lowest BCUT2D eigenvalue weighted by atomic mass is 10.2. The van der Waals surface area contributed by atoms with E-state index in [-0.39, 0.29) is 11.9 Å². The molecule has 120 valence electrons. The summed E-state index contributed by atoms with van der Waals surface area (Å²) in [7, 11) is 0. The molecule has 1 aromatic rings. The fourth-order valence-corrected chi connectivity index (χ4v) is 1.15. The third-order valence-electron chi connectivity index (χ3n) is 2.29. The zero-order chi connectivity index (χ0) is 17.0. The van der Waals surface area contributed by atoms with E-state index >= 15 is 0 Å². The Labute approximate surface area is 132 Å². The summed E-state index contributed by atoms with van der Waals surface area (Å²) in [4.78, 5) is 21.4. The summed E-state index contributed by atoms with van der Waals surface area (Å²) in [6.45, 7) is 13.2. The summed E-state index contributed by atoms with van der Waals surface area (Å²) < 4.78 is 9.65. The Hall–Kier alpha value is -2.36. The highest BCUT2D eigenvalue weighted by molar-refractivity contribution is 5.86. The highest BCUT2D eigenvalue weighted by Gasteiger charge is 2.03. The Bertz CT molecular complexity index is 489. The molecule has 0 heterocycles. The standard InChI is InChI=1S/C10H10O2.C8H14O2/c1-2-10(11)12-8-9-6-4-3-5-7-9;1-6(2)5-10-8(9)7(3)4/h2-7H,1,8H2;6H,3,5H2,1-2,4H3. The Balaban J connectivity index is 0.000000409. The first-order valence-corrected chi connectivity index (χ1v) is 7.02. The van der Waals surface area contributed by atoms with Crippen molar-refractivity contribution in [1.29, 1.82) is 0 Å². The maximum atomic E-state index is 10.7. The molecule has 0 amide bonds. The van der Waals surface area contributed by atoms with Gasteiger partial charge >= 0.3 is 11.9 Å². The highest BCUT2D eigenvalue weighted by Crippen LogP contribution is 2.00. The van der Waals surface area contributed by atoms with Gasteiger partial charge in [-0.2, -0.15) is 0 Å². The molecule has 0 unspecified atom stereocenters. The van der Waals surface area contributed by atoms with Crippen molar-refractivity contribution in [3.63, 3.8) is 0 Å². The molecule has 0 aromatic heterocycles. The van der Waals surface area contributed by atoms with Crippen LogP contribution in [0.15, 0.2) is 55.1 Å². The Morgan fingerprint density at radius 3 is 2.23 bits per heavy atom. The van der Waals surface area contributed by atoms with E-state index in [0.29, 0.717) is 24.7 Å². The minimum Gasteiger partial charge on any atom is -0.462 e. The number of carbonyl (C=O) groups is 2. The SMILES string of the molecule is C=C(C)C(=O)OCC(C)C.C=CC(=O)OCc1ccccc1. The second-order valence-electron chi connectivity index (χ2n) is 5.07. The van der Waals surface area contributed by atoms with Crippen LogP contribution in [-0.2, 0) is 25.7 Å². The molecule has 0 saturated heterocycles. The van der Waals surface area contributed by atoms with Crippen LogP contribution in [0.2, 0.25) is 0 Å². The number of benzene rings is 1. The van der Waals surface area contributed by atoms with Crippen LogP contribution in [-0.4, -0.2) is 18.5 Å². The van der Waals surface area contributed by atoms with Gasteiger partial charge in [0.15, 0.2) is 0 Å². The molecule has 0 fully saturated rings. The van der Waals surface area contributed by atoms with Crippen LogP contribution in [0.5, 0.6) is 0 Å². The van der Waals surface area contributed by atoms with Crippen LogP contribution in [0, 0.1) is 5.92 Å². The Kier molecular flexibility index (Phi) is 10.1. The van der Waals surface area contributed by atoms with Crippen LogP contribution in [0.3, 0.4) is 0 Å². The zero-order valence-electron chi connectivity index (χ0n) is 13.5. The topological polar surface area (TPSA) is 52.6 Å². The van der Waals surface area contributed by atoms with Gasteiger partial charge in [0, 0.05) is 11.6 Å². The molecule has 0 aliphatic carbocycles. The highest BCUT2D eigenvalue weighted by atomic mass is 16.5. The molecule has 0 spiro atoms.